The van der Waals surface area contributed by atoms with Gasteiger partial charge in [0.1, 0.15) is 5.75 Å². The molecule has 106 valence electrons. The van der Waals surface area contributed by atoms with E-state index < -0.39 is 0 Å². The lowest BCUT2D eigenvalue weighted by atomic mass is 9.98. The van der Waals surface area contributed by atoms with Crippen molar-refractivity contribution >= 4 is 10.9 Å². The topological polar surface area (TPSA) is 48.1 Å². The number of nitrogens with two attached hydrogens (primary N) is 1. The van der Waals surface area contributed by atoms with Crippen LogP contribution < -0.4 is 10.5 Å². The largest absolute Gasteiger partial charge is 0.496 e. The third-order valence-corrected chi connectivity index (χ3v) is 3.75. The zero-order valence-electron chi connectivity index (χ0n) is 12.2. The molecule has 1 atom stereocenters. The summed E-state index contributed by atoms with van der Waals surface area (Å²) >= 11 is 0. The van der Waals surface area contributed by atoms with Gasteiger partial charge in [-0.15, -0.1) is 0 Å². The first-order valence-electron chi connectivity index (χ1n) is 6.94. The molecule has 3 rings (SSSR count). The number of nitrogens with zero attached hydrogens (tertiary/aromatic N) is 1. The van der Waals surface area contributed by atoms with E-state index in [1.807, 2.05) is 43.5 Å². The normalized spacial score (nSPS) is 12.3. The molecule has 0 aliphatic carbocycles. The summed E-state index contributed by atoms with van der Waals surface area (Å²) in [6.45, 7) is 2.02. The molecule has 3 aromatic rings. The molecule has 0 bridgehead atoms. The maximum Gasteiger partial charge on any atom is 0.121 e. The van der Waals surface area contributed by atoms with Crippen LogP contribution in [0.15, 0.2) is 54.7 Å². The summed E-state index contributed by atoms with van der Waals surface area (Å²) in [5.41, 5.74) is 10.5. The molecule has 0 aliphatic rings. The fourth-order valence-electron chi connectivity index (χ4n) is 2.55. The number of pyridine rings is 1. The van der Waals surface area contributed by atoms with Crippen LogP contribution in [0.2, 0.25) is 0 Å². The Kier molecular flexibility index (Phi) is 3.59. The number of hydrogen-bond acceptors (Lipinski definition) is 3. The molecule has 1 unspecified atom stereocenters. The van der Waals surface area contributed by atoms with Crippen molar-refractivity contribution in [2.45, 2.75) is 13.0 Å². The first kappa shape index (κ1) is 13.6. The molecule has 0 fully saturated rings. The van der Waals surface area contributed by atoms with E-state index in [0.717, 1.165) is 33.3 Å². The Morgan fingerprint density at radius 3 is 2.62 bits per heavy atom. The molecular weight excluding hydrogens is 260 g/mol. The summed E-state index contributed by atoms with van der Waals surface area (Å²) in [6.07, 6.45) is 1.85. The van der Waals surface area contributed by atoms with Crippen LogP contribution in [0.1, 0.15) is 22.7 Å². The minimum absolute atomic E-state index is 0.188. The standard InChI is InChI=1S/C18H18N2O/c1-12-9-14(7-8-17(12)21-2)18(19)15-10-13-5-3-4-6-16(13)20-11-15/h3-11,18H,19H2,1-2H3. The first-order valence-corrected chi connectivity index (χ1v) is 6.94. The summed E-state index contributed by atoms with van der Waals surface area (Å²) in [4.78, 5) is 4.48. The van der Waals surface area contributed by atoms with Crippen LogP contribution in [0.4, 0.5) is 0 Å². The van der Waals surface area contributed by atoms with Crippen molar-refractivity contribution in [2.75, 3.05) is 7.11 Å². The molecule has 0 aliphatic heterocycles. The summed E-state index contributed by atoms with van der Waals surface area (Å²) in [5.74, 6) is 0.877. The van der Waals surface area contributed by atoms with Crippen LogP contribution in [-0.4, -0.2) is 12.1 Å². The lowest BCUT2D eigenvalue weighted by Crippen LogP contribution is -2.12. The van der Waals surface area contributed by atoms with Crippen molar-refractivity contribution in [3.05, 3.63) is 71.4 Å². The molecule has 1 aromatic heterocycles. The van der Waals surface area contributed by atoms with Crippen molar-refractivity contribution in [2.24, 2.45) is 5.73 Å². The molecule has 1 heterocycles. The molecule has 2 N–H and O–H groups in total. The smallest absolute Gasteiger partial charge is 0.121 e. The van der Waals surface area contributed by atoms with Gasteiger partial charge in [-0.2, -0.15) is 0 Å². The van der Waals surface area contributed by atoms with E-state index in [4.69, 9.17) is 10.5 Å². The van der Waals surface area contributed by atoms with Gasteiger partial charge in [0.2, 0.25) is 0 Å². The Morgan fingerprint density at radius 2 is 1.86 bits per heavy atom. The Morgan fingerprint density at radius 1 is 1.05 bits per heavy atom. The molecule has 0 saturated carbocycles. The third kappa shape index (κ3) is 2.60. The van der Waals surface area contributed by atoms with E-state index in [-0.39, 0.29) is 6.04 Å². The number of benzene rings is 2. The fourth-order valence-corrected chi connectivity index (χ4v) is 2.55. The number of aromatic nitrogens is 1. The van der Waals surface area contributed by atoms with Crippen LogP contribution in [0.25, 0.3) is 10.9 Å². The summed E-state index contributed by atoms with van der Waals surface area (Å²) in [7, 11) is 1.68. The predicted molar refractivity (Wildman–Crippen MR) is 85.5 cm³/mol. The maximum atomic E-state index is 6.39. The lowest BCUT2D eigenvalue weighted by molar-refractivity contribution is 0.411. The SMILES string of the molecule is COc1ccc(C(N)c2cnc3ccccc3c2)cc1C. The first-order chi connectivity index (χ1) is 10.2. The van der Waals surface area contributed by atoms with Crippen molar-refractivity contribution in [1.29, 1.82) is 0 Å². The quantitative estimate of drug-likeness (QED) is 0.796. The van der Waals surface area contributed by atoms with Gasteiger partial charge in [-0.05, 0) is 41.8 Å². The van der Waals surface area contributed by atoms with Crippen LogP contribution in [0.5, 0.6) is 5.75 Å². The minimum atomic E-state index is -0.188. The van der Waals surface area contributed by atoms with Crippen LogP contribution in [0.3, 0.4) is 0 Å². The number of fused-ring (bicyclic) bond motifs is 1. The Bertz CT molecular complexity index is 783. The number of hydrogen-bond donors (Lipinski definition) is 1. The van der Waals surface area contributed by atoms with E-state index in [9.17, 15) is 0 Å². The van der Waals surface area contributed by atoms with E-state index in [1.54, 1.807) is 7.11 Å². The van der Waals surface area contributed by atoms with Gasteiger partial charge in [-0.25, -0.2) is 0 Å². The van der Waals surface area contributed by atoms with E-state index >= 15 is 0 Å². The van der Waals surface area contributed by atoms with Gasteiger partial charge >= 0.3 is 0 Å². The average Bonchev–Trinajstić information content (AvgIpc) is 2.53. The van der Waals surface area contributed by atoms with Crippen molar-refractivity contribution in [3.63, 3.8) is 0 Å². The van der Waals surface area contributed by atoms with Gasteiger partial charge in [-0.3, -0.25) is 4.98 Å². The zero-order valence-corrected chi connectivity index (χ0v) is 12.2. The van der Waals surface area contributed by atoms with Gasteiger partial charge in [-0.1, -0.05) is 30.3 Å². The molecule has 0 radical (unpaired) electrons. The number of aryl methyl sites for hydroxylation is 1. The molecule has 21 heavy (non-hydrogen) atoms. The highest BCUT2D eigenvalue weighted by atomic mass is 16.5. The van der Waals surface area contributed by atoms with Gasteiger partial charge in [0, 0.05) is 11.6 Å². The Balaban J connectivity index is 1.99. The summed E-state index contributed by atoms with van der Waals surface area (Å²) < 4.78 is 5.29. The second-order valence-corrected chi connectivity index (χ2v) is 5.17. The van der Waals surface area contributed by atoms with Gasteiger partial charge < -0.3 is 10.5 Å². The Labute approximate surface area is 124 Å². The molecule has 3 heteroatoms. The van der Waals surface area contributed by atoms with Gasteiger partial charge in [0.05, 0.1) is 18.7 Å². The molecule has 0 spiro atoms. The molecule has 0 saturated heterocycles. The highest BCUT2D eigenvalue weighted by Gasteiger charge is 2.11. The summed E-state index contributed by atoms with van der Waals surface area (Å²) in [5, 5.41) is 1.11. The van der Waals surface area contributed by atoms with Gasteiger partial charge in [0.15, 0.2) is 0 Å². The monoisotopic (exact) mass is 278 g/mol. The molecule has 3 nitrogen and oxygen atoms in total. The van der Waals surface area contributed by atoms with Crippen molar-refractivity contribution in [3.8, 4) is 5.75 Å². The molecule has 0 amide bonds. The van der Waals surface area contributed by atoms with Crippen LogP contribution >= 0.6 is 0 Å². The molecule has 2 aromatic carbocycles. The Hall–Kier alpha value is -2.39. The fraction of sp³-hybridized carbons (Fsp3) is 0.167. The van der Waals surface area contributed by atoms with Gasteiger partial charge in [0.25, 0.3) is 0 Å². The van der Waals surface area contributed by atoms with Crippen LogP contribution in [-0.2, 0) is 0 Å². The zero-order chi connectivity index (χ0) is 14.8. The van der Waals surface area contributed by atoms with Crippen LogP contribution in [0, 0.1) is 6.92 Å². The van der Waals surface area contributed by atoms with Crippen molar-refractivity contribution in [1.82, 2.24) is 4.98 Å². The van der Waals surface area contributed by atoms with Crippen molar-refractivity contribution < 1.29 is 4.74 Å². The highest BCUT2D eigenvalue weighted by Crippen LogP contribution is 2.26. The molecular formula is C18H18N2O. The second-order valence-electron chi connectivity index (χ2n) is 5.17. The number of methoxy groups -OCH3 is 1. The maximum absolute atomic E-state index is 6.39. The van der Waals surface area contributed by atoms with E-state index in [1.165, 1.54) is 0 Å². The number of para-hydroxylation sites is 1. The average molecular weight is 278 g/mol. The number of rotatable bonds is 3. The minimum Gasteiger partial charge on any atom is -0.496 e. The lowest BCUT2D eigenvalue weighted by Gasteiger charge is -2.15. The summed E-state index contributed by atoms with van der Waals surface area (Å²) in [6, 6.07) is 16.0. The highest BCUT2D eigenvalue weighted by molar-refractivity contribution is 5.79. The predicted octanol–water partition coefficient (Wildman–Crippen LogP) is 3.60. The van der Waals surface area contributed by atoms with E-state index in [2.05, 4.69) is 23.2 Å². The second kappa shape index (κ2) is 5.54. The number of ether oxygens (including phenoxy) is 1. The van der Waals surface area contributed by atoms with E-state index in [0.29, 0.717) is 0 Å². The third-order valence-electron chi connectivity index (χ3n) is 3.75.